The largest absolute Gasteiger partial charge is 0.483 e. The van der Waals surface area contributed by atoms with Crippen molar-refractivity contribution in [3.05, 3.63) is 59.7 Å². The van der Waals surface area contributed by atoms with Gasteiger partial charge in [0, 0.05) is 5.69 Å². The third-order valence-electron chi connectivity index (χ3n) is 2.79. The topological polar surface area (TPSA) is 38.3 Å². The molecule has 0 aliphatic heterocycles. The molecule has 0 fully saturated rings. The standard InChI is InChI=1S/C16H17NO2/c1-12-7-9-14(10-8-12)17-16(18)11-19-15-6-4-3-5-13(15)2/h3-10H,11H2,1-2H3,(H,17,18). The molecule has 0 heterocycles. The molecule has 3 nitrogen and oxygen atoms in total. The Morgan fingerprint density at radius 2 is 1.74 bits per heavy atom. The van der Waals surface area contributed by atoms with Gasteiger partial charge in [0.1, 0.15) is 5.75 Å². The van der Waals surface area contributed by atoms with Crippen LogP contribution in [0.5, 0.6) is 5.75 Å². The summed E-state index contributed by atoms with van der Waals surface area (Å²) in [6.45, 7) is 3.97. The molecule has 2 aromatic carbocycles. The first-order valence-corrected chi connectivity index (χ1v) is 6.20. The Bertz CT molecular complexity index is 561. The van der Waals surface area contributed by atoms with E-state index in [0.29, 0.717) is 0 Å². The molecule has 0 spiro atoms. The van der Waals surface area contributed by atoms with Crippen LogP contribution in [0.3, 0.4) is 0 Å². The zero-order valence-corrected chi connectivity index (χ0v) is 11.1. The number of amides is 1. The van der Waals surface area contributed by atoms with E-state index in [2.05, 4.69) is 5.32 Å². The summed E-state index contributed by atoms with van der Waals surface area (Å²) in [6, 6.07) is 15.3. The van der Waals surface area contributed by atoms with Gasteiger partial charge in [0.2, 0.25) is 0 Å². The molecule has 0 aromatic heterocycles. The van der Waals surface area contributed by atoms with Gasteiger partial charge in [-0.05, 0) is 37.6 Å². The number of hydrogen-bond acceptors (Lipinski definition) is 2. The Morgan fingerprint density at radius 1 is 1.05 bits per heavy atom. The molecule has 0 radical (unpaired) electrons. The monoisotopic (exact) mass is 255 g/mol. The molecule has 1 amide bonds. The van der Waals surface area contributed by atoms with Crippen molar-refractivity contribution in [1.29, 1.82) is 0 Å². The molecule has 0 aliphatic rings. The molecule has 19 heavy (non-hydrogen) atoms. The molecule has 2 rings (SSSR count). The molecular weight excluding hydrogens is 238 g/mol. The predicted octanol–water partition coefficient (Wildman–Crippen LogP) is 3.32. The lowest BCUT2D eigenvalue weighted by molar-refractivity contribution is -0.118. The number of carbonyl (C=O) groups excluding carboxylic acids is 1. The van der Waals surface area contributed by atoms with Gasteiger partial charge < -0.3 is 10.1 Å². The number of hydrogen-bond donors (Lipinski definition) is 1. The summed E-state index contributed by atoms with van der Waals surface area (Å²) in [5.74, 6) is 0.577. The number of ether oxygens (including phenoxy) is 1. The van der Waals surface area contributed by atoms with Crippen LogP contribution in [0.1, 0.15) is 11.1 Å². The van der Waals surface area contributed by atoms with Crippen LogP contribution in [0.15, 0.2) is 48.5 Å². The van der Waals surface area contributed by atoms with E-state index >= 15 is 0 Å². The lowest BCUT2D eigenvalue weighted by Gasteiger charge is -2.09. The van der Waals surface area contributed by atoms with Crippen LogP contribution in [0.25, 0.3) is 0 Å². The Kier molecular flexibility index (Phi) is 4.18. The second-order valence-corrected chi connectivity index (χ2v) is 4.47. The normalized spacial score (nSPS) is 10.0. The van der Waals surface area contributed by atoms with Gasteiger partial charge in [0.25, 0.3) is 5.91 Å². The van der Waals surface area contributed by atoms with E-state index in [1.807, 2.05) is 62.4 Å². The minimum Gasteiger partial charge on any atom is -0.483 e. The van der Waals surface area contributed by atoms with E-state index in [0.717, 1.165) is 22.6 Å². The molecule has 0 aliphatic carbocycles. The van der Waals surface area contributed by atoms with Gasteiger partial charge in [-0.15, -0.1) is 0 Å². The van der Waals surface area contributed by atoms with Gasteiger partial charge in [0.15, 0.2) is 6.61 Å². The van der Waals surface area contributed by atoms with Crippen molar-refractivity contribution < 1.29 is 9.53 Å². The Hall–Kier alpha value is -2.29. The smallest absolute Gasteiger partial charge is 0.262 e. The summed E-state index contributed by atoms with van der Waals surface area (Å²) in [7, 11) is 0. The zero-order valence-electron chi connectivity index (χ0n) is 11.1. The third-order valence-corrected chi connectivity index (χ3v) is 2.79. The lowest BCUT2D eigenvalue weighted by atomic mass is 10.2. The molecule has 0 atom stereocenters. The van der Waals surface area contributed by atoms with Crippen molar-refractivity contribution in [2.24, 2.45) is 0 Å². The van der Waals surface area contributed by atoms with Crippen molar-refractivity contribution in [2.75, 3.05) is 11.9 Å². The van der Waals surface area contributed by atoms with Gasteiger partial charge in [-0.1, -0.05) is 35.9 Å². The fraction of sp³-hybridized carbons (Fsp3) is 0.188. The second kappa shape index (κ2) is 6.05. The van der Waals surface area contributed by atoms with Crippen molar-refractivity contribution >= 4 is 11.6 Å². The quantitative estimate of drug-likeness (QED) is 0.910. The first-order valence-electron chi connectivity index (χ1n) is 6.20. The predicted molar refractivity (Wildman–Crippen MR) is 76.5 cm³/mol. The maximum absolute atomic E-state index is 11.7. The summed E-state index contributed by atoms with van der Waals surface area (Å²) in [5.41, 5.74) is 2.96. The molecular formula is C16H17NO2. The highest BCUT2D eigenvalue weighted by Crippen LogP contribution is 2.16. The fourth-order valence-electron chi connectivity index (χ4n) is 1.70. The van der Waals surface area contributed by atoms with Gasteiger partial charge in [0.05, 0.1) is 0 Å². The van der Waals surface area contributed by atoms with Gasteiger partial charge in [-0.2, -0.15) is 0 Å². The average molecular weight is 255 g/mol. The van der Waals surface area contributed by atoms with E-state index in [9.17, 15) is 4.79 Å². The maximum Gasteiger partial charge on any atom is 0.262 e. The van der Waals surface area contributed by atoms with Gasteiger partial charge >= 0.3 is 0 Å². The van der Waals surface area contributed by atoms with Crippen LogP contribution < -0.4 is 10.1 Å². The summed E-state index contributed by atoms with van der Waals surface area (Å²) in [5, 5.41) is 2.79. The molecule has 0 saturated heterocycles. The summed E-state index contributed by atoms with van der Waals surface area (Å²) >= 11 is 0. The van der Waals surface area contributed by atoms with Crippen molar-refractivity contribution in [3.63, 3.8) is 0 Å². The highest BCUT2D eigenvalue weighted by molar-refractivity contribution is 5.91. The van der Waals surface area contributed by atoms with E-state index in [1.165, 1.54) is 0 Å². The number of para-hydroxylation sites is 1. The maximum atomic E-state index is 11.7. The third kappa shape index (κ3) is 3.85. The average Bonchev–Trinajstić information content (AvgIpc) is 2.40. The first kappa shape index (κ1) is 13.1. The Labute approximate surface area is 113 Å². The van der Waals surface area contributed by atoms with Crippen LogP contribution in [0, 0.1) is 13.8 Å². The lowest BCUT2D eigenvalue weighted by Crippen LogP contribution is -2.20. The first-order chi connectivity index (χ1) is 9.15. The van der Waals surface area contributed by atoms with Gasteiger partial charge in [-0.25, -0.2) is 0 Å². The SMILES string of the molecule is Cc1ccc(NC(=O)COc2ccccc2C)cc1. The van der Waals surface area contributed by atoms with Crippen LogP contribution in [0.4, 0.5) is 5.69 Å². The summed E-state index contributed by atoms with van der Waals surface area (Å²) in [4.78, 5) is 11.7. The molecule has 1 N–H and O–H groups in total. The fourth-order valence-corrected chi connectivity index (χ4v) is 1.70. The zero-order chi connectivity index (χ0) is 13.7. The number of nitrogens with one attached hydrogen (secondary N) is 1. The minimum atomic E-state index is -0.160. The number of carbonyl (C=O) groups is 1. The van der Waals surface area contributed by atoms with Crippen LogP contribution in [-0.4, -0.2) is 12.5 Å². The van der Waals surface area contributed by atoms with Crippen molar-refractivity contribution in [2.45, 2.75) is 13.8 Å². The van der Waals surface area contributed by atoms with Crippen LogP contribution in [0.2, 0.25) is 0 Å². The van der Waals surface area contributed by atoms with Crippen molar-refractivity contribution in [1.82, 2.24) is 0 Å². The number of anilines is 1. The van der Waals surface area contributed by atoms with E-state index in [-0.39, 0.29) is 12.5 Å². The molecule has 3 heteroatoms. The van der Waals surface area contributed by atoms with E-state index in [4.69, 9.17) is 4.74 Å². The molecule has 0 bridgehead atoms. The van der Waals surface area contributed by atoms with Crippen LogP contribution >= 0.6 is 0 Å². The van der Waals surface area contributed by atoms with E-state index in [1.54, 1.807) is 0 Å². The molecule has 0 unspecified atom stereocenters. The highest BCUT2D eigenvalue weighted by Gasteiger charge is 2.04. The number of aryl methyl sites for hydroxylation is 2. The minimum absolute atomic E-state index is 0.0126. The van der Waals surface area contributed by atoms with Crippen molar-refractivity contribution in [3.8, 4) is 5.75 Å². The molecule has 2 aromatic rings. The summed E-state index contributed by atoms with van der Waals surface area (Å²) in [6.07, 6.45) is 0. The Balaban J connectivity index is 1.88. The second-order valence-electron chi connectivity index (χ2n) is 4.47. The van der Waals surface area contributed by atoms with Gasteiger partial charge in [-0.3, -0.25) is 4.79 Å². The highest BCUT2D eigenvalue weighted by atomic mass is 16.5. The molecule has 0 saturated carbocycles. The number of rotatable bonds is 4. The molecule has 98 valence electrons. The Morgan fingerprint density at radius 3 is 2.42 bits per heavy atom. The van der Waals surface area contributed by atoms with E-state index < -0.39 is 0 Å². The summed E-state index contributed by atoms with van der Waals surface area (Å²) < 4.78 is 5.48. The van der Waals surface area contributed by atoms with Crippen LogP contribution in [-0.2, 0) is 4.79 Å². The number of benzene rings is 2.